The molecule has 0 radical (unpaired) electrons. The molecule has 1 fully saturated rings. The molecule has 0 spiro atoms. The van der Waals surface area contributed by atoms with Crippen molar-refractivity contribution in [1.82, 2.24) is 10.6 Å². The van der Waals surface area contributed by atoms with Crippen LogP contribution in [0.4, 0.5) is 17.6 Å². The van der Waals surface area contributed by atoms with Crippen molar-refractivity contribution in [2.75, 3.05) is 20.2 Å². The van der Waals surface area contributed by atoms with Crippen LogP contribution in [0.3, 0.4) is 0 Å². The molecule has 0 aromatic heterocycles. The van der Waals surface area contributed by atoms with Crippen LogP contribution in [-0.2, 0) is 10.4 Å². The average molecular weight is 567 g/mol. The van der Waals surface area contributed by atoms with Gasteiger partial charge in [-0.05, 0) is 59.7 Å². The molecule has 2 amide bonds. The van der Waals surface area contributed by atoms with Gasteiger partial charge in [0.15, 0.2) is 6.10 Å². The van der Waals surface area contributed by atoms with Crippen molar-refractivity contribution in [2.45, 2.75) is 24.3 Å². The van der Waals surface area contributed by atoms with Gasteiger partial charge >= 0.3 is 6.18 Å². The van der Waals surface area contributed by atoms with E-state index >= 15 is 0 Å². The minimum absolute atomic E-state index is 0.0131. The molecule has 1 heterocycles. The van der Waals surface area contributed by atoms with E-state index in [0.29, 0.717) is 18.7 Å². The van der Waals surface area contributed by atoms with E-state index in [1.54, 1.807) is 0 Å². The summed E-state index contributed by atoms with van der Waals surface area (Å²) in [5.41, 5.74) is -3.67. The van der Waals surface area contributed by atoms with Gasteiger partial charge in [-0.1, -0.05) is 23.7 Å². The summed E-state index contributed by atoms with van der Waals surface area (Å²) >= 11 is 5.84. The van der Waals surface area contributed by atoms with Crippen LogP contribution in [0.1, 0.15) is 22.3 Å². The standard InChI is InChI=1S/C27H23ClF4N2O5/c1-38-22-9-5-17(13-19(22)16-4-8-21(29)20(28)12-16)26(37,27(30,31)32)14-34-24(35)15-2-6-18(7-3-15)39-23-10-11-33-25(23)36/h2-9,12-13,23,37H,10-11,14H2,1H3,(H,33,36)(H,34,35)/t23-,26?/m0/s1. The van der Waals surface area contributed by atoms with E-state index in [1.165, 1.54) is 49.6 Å². The summed E-state index contributed by atoms with van der Waals surface area (Å²) in [6.07, 6.45) is -5.36. The molecule has 1 saturated heterocycles. The number of nitrogens with one attached hydrogen (secondary N) is 2. The number of methoxy groups -OCH3 is 1. The lowest BCUT2D eigenvalue weighted by Gasteiger charge is -2.31. The predicted octanol–water partition coefficient (Wildman–Crippen LogP) is 4.60. The number of carbonyl (C=O) groups excluding carboxylic acids is 2. The second kappa shape index (κ2) is 11.1. The highest BCUT2D eigenvalue weighted by Crippen LogP contribution is 2.42. The highest BCUT2D eigenvalue weighted by molar-refractivity contribution is 6.31. The Labute approximate surface area is 225 Å². The number of rotatable bonds is 8. The number of ether oxygens (including phenoxy) is 2. The summed E-state index contributed by atoms with van der Waals surface area (Å²) in [6.45, 7) is -0.717. The van der Waals surface area contributed by atoms with Crippen molar-refractivity contribution < 1.29 is 41.7 Å². The fourth-order valence-corrected chi connectivity index (χ4v) is 4.24. The zero-order valence-corrected chi connectivity index (χ0v) is 21.2. The van der Waals surface area contributed by atoms with E-state index in [4.69, 9.17) is 21.1 Å². The van der Waals surface area contributed by atoms with Crippen molar-refractivity contribution in [2.24, 2.45) is 0 Å². The number of alkyl halides is 3. The Morgan fingerprint density at radius 1 is 1.13 bits per heavy atom. The Hall–Kier alpha value is -3.83. The van der Waals surface area contributed by atoms with E-state index in [1.807, 2.05) is 0 Å². The molecule has 1 unspecified atom stereocenters. The molecule has 2 atom stereocenters. The first-order valence-electron chi connectivity index (χ1n) is 11.7. The van der Waals surface area contributed by atoms with Crippen molar-refractivity contribution in [3.05, 3.63) is 82.6 Å². The molecular formula is C27H23ClF4N2O5. The number of hydrogen-bond donors (Lipinski definition) is 3. The molecule has 3 N–H and O–H groups in total. The van der Waals surface area contributed by atoms with Gasteiger partial charge in [-0.25, -0.2) is 4.39 Å². The average Bonchev–Trinajstić information content (AvgIpc) is 3.32. The van der Waals surface area contributed by atoms with Crippen LogP contribution in [0.25, 0.3) is 11.1 Å². The maximum atomic E-state index is 14.2. The van der Waals surface area contributed by atoms with Crippen LogP contribution >= 0.6 is 11.6 Å². The van der Waals surface area contributed by atoms with Gasteiger partial charge in [-0.15, -0.1) is 0 Å². The highest BCUT2D eigenvalue weighted by atomic mass is 35.5. The lowest BCUT2D eigenvalue weighted by molar-refractivity contribution is -0.263. The molecule has 7 nitrogen and oxygen atoms in total. The van der Waals surface area contributed by atoms with E-state index in [-0.39, 0.29) is 33.4 Å². The lowest BCUT2D eigenvalue weighted by Crippen LogP contribution is -2.51. The predicted molar refractivity (Wildman–Crippen MR) is 134 cm³/mol. The number of aliphatic hydroxyl groups is 1. The smallest absolute Gasteiger partial charge is 0.423 e. The lowest BCUT2D eigenvalue weighted by atomic mass is 9.89. The Kier molecular flexibility index (Phi) is 8.03. The molecule has 0 aliphatic carbocycles. The Morgan fingerprint density at radius 2 is 1.85 bits per heavy atom. The van der Waals surface area contributed by atoms with Gasteiger partial charge in [0.25, 0.3) is 11.8 Å². The third kappa shape index (κ3) is 5.94. The van der Waals surface area contributed by atoms with Crippen molar-refractivity contribution >= 4 is 23.4 Å². The molecule has 1 aliphatic rings. The molecule has 4 rings (SSSR count). The van der Waals surface area contributed by atoms with Crippen molar-refractivity contribution in [3.63, 3.8) is 0 Å². The second-order valence-electron chi connectivity index (χ2n) is 8.80. The summed E-state index contributed by atoms with van der Waals surface area (Å²) in [5, 5.41) is 15.4. The molecule has 1 aliphatic heterocycles. The first-order chi connectivity index (χ1) is 18.4. The normalized spacial score (nSPS) is 16.8. The largest absolute Gasteiger partial charge is 0.496 e. The number of carbonyl (C=O) groups is 2. The first kappa shape index (κ1) is 28.2. The molecule has 3 aromatic rings. The van der Waals surface area contributed by atoms with Gasteiger partial charge in [-0.2, -0.15) is 13.2 Å². The fourth-order valence-electron chi connectivity index (χ4n) is 4.06. The van der Waals surface area contributed by atoms with Crippen LogP contribution in [0.15, 0.2) is 60.7 Å². The maximum absolute atomic E-state index is 14.2. The minimum Gasteiger partial charge on any atom is -0.496 e. The Balaban J connectivity index is 1.56. The summed E-state index contributed by atoms with van der Waals surface area (Å²) in [6, 6.07) is 12.4. The topological polar surface area (TPSA) is 96.9 Å². The van der Waals surface area contributed by atoms with Gasteiger partial charge in [0.05, 0.1) is 18.7 Å². The number of benzene rings is 3. The molecule has 39 heavy (non-hydrogen) atoms. The van der Waals surface area contributed by atoms with Crippen LogP contribution < -0.4 is 20.1 Å². The van der Waals surface area contributed by atoms with Gasteiger partial charge in [-0.3, -0.25) is 9.59 Å². The molecule has 12 heteroatoms. The molecule has 0 bridgehead atoms. The first-order valence-corrected chi connectivity index (χ1v) is 12.1. The van der Waals surface area contributed by atoms with Gasteiger partial charge < -0.3 is 25.2 Å². The Bertz CT molecular complexity index is 1380. The third-order valence-corrected chi connectivity index (χ3v) is 6.56. The number of amides is 2. The summed E-state index contributed by atoms with van der Waals surface area (Å²) in [4.78, 5) is 24.3. The molecule has 0 saturated carbocycles. The molecular weight excluding hydrogens is 544 g/mol. The third-order valence-electron chi connectivity index (χ3n) is 6.27. The zero-order valence-electron chi connectivity index (χ0n) is 20.4. The van der Waals surface area contributed by atoms with E-state index in [9.17, 15) is 32.3 Å². The Morgan fingerprint density at radius 3 is 2.44 bits per heavy atom. The van der Waals surface area contributed by atoms with Gasteiger partial charge in [0.2, 0.25) is 5.60 Å². The zero-order chi connectivity index (χ0) is 28.4. The van der Waals surface area contributed by atoms with Crippen LogP contribution in [0, 0.1) is 5.82 Å². The van der Waals surface area contributed by atoms with E-state index in [0.717, 1.165) is 18.2 Å². The van der Waals surface area contributed by atoms with Crippen LogP contribution in [-0.4, -0.2) is 49.4 Å². The molecule has 206 valence electrons. The van der Waals surface area contributed by atoms with Gasteiger partial charge in [0.1, 0.15) is 17.3 Å². The van der Waals surface area contributed by atoms with Crippen molar-refractivity contribution in [3.8, 4) is 22.6 Å². The quantitative estimate of drug-likeness (QED) is 0.346. The summed E-state index contributed by atoms with van der Waals surface area (Å²) in [5.74, 6) is -1.37. The molecule has 3 aromatic carbocycles. The highest BCUT2D eigenvalue weighted by Gasteiger charge is 2.55. The van der Waals surface area contributed by atoms with E-state index < -0.39 is 41.7 Å². The number of hydrogen-bond acceptors (Lipinski definition) is 5. The van der Waals surface area contributed by atoms with Crippen LogP contribution in [0.2, 0.25) is 5.02 Å². The van der Waals surface area contributed by atoms with E-state index in [2.05, 4.69) is 10.6 Å². The maximum Gasteiger partial charge on any atom is 0.423 e. The summed E-state index contributed by atoms with van der Waals surface area (Å²) < 4.78 is 67.0. The van der Waals surface area contributed by atoms with Gasteiger partial charge in [0, 0.05) is 24.1 Å². The minimum atomic E-state index is -5.19. The monoisotopic (exact) mass is 566 g/mol. The van der Waals surface area contributed by atoms with Crippen molar-refractivity contribution in [1.29, 1.82) is 0 Å². The fraction of sp³-hybridized carbons (Fsp3) is 0.259. The second-order valence-corrected chi connectivity index (χ2v) is 9.20. The summed E-state index contributed by atoms with van der Waals surface area (Å²) in [7, 11) is 1.30. The number of halogens is 5. The van der Waals surface area contributed by atoms with Crippen LogP contribution in [0.5, 0.6) is 11.5 Å². The SMILES string of the molecule is COc1ccc(C(O)(CNC(=O)c2ccc(O[C@H]3CCNC3=O)cc2)C(F)(F)F)cc1-c1ccc(F)c(Cl)c1.